The Morgan fingerprint density at radius 3 is 2.09 bits per heavy atom. The molecule has 0 amide bonds. The number of aldehydes is 1. The fraction of sp³-hybridized carbons (Fsp3) is 0.880. The second kappa shape index (κ2) is 16.0. The lowest BCUT2D eigenvalue weighted by molar-refractivity contribution is -0.361. The van der Waals surface area contributed by atoms with Gasteiger partial charge in [0.1, 0.15) is 79.4 Å². The zero-order valence-electron chi connectivity index (χ0n) is 23.5. The summed E-state index contributed by atoms with van der Waals surface area (Å²) >= 11 is 0. The van der Waals surface area contributed by atoms with E-state index >= 15 is 0 Å². The first-order valence-electron chi connectivity index (χ1n) is 13.9. The highest BCUT2D eigenvalue weighted by Gasteiger charge is 2.52. The van der Waals surface area contributed by atoms with Crippen molar-refractivity contribution in [3.63, 3.8) is 0 Å². The van der Waals surface area contributed by atoms with Crippen LogP contribution < -0.4 is 5.32 Å². The van der Waals surface area contributed by atoms with Gasteiger partial charge in [-0.3, -0.25) is 0 Å². The standard InChI is InChI=1S/C25H43NO18/c1-7-13(26-9-2-8(3-27)14(33)18(37)15(9)34)17(36)20(39)24(41-7)44-23-12(6-30)42-25(21(40)19(23)38)43-22(11(32)5-29)16(35)10(31)4-28/h2,4,7,9-27,29-40H,3,5-6H2,1H3/t7-,9-,10-,11-,12+,13-,14-,15-,16-,17-,18-,19+,20-,21+,22-,23+,24+,25-/m1/s1. The Hall–Kier alpha value is -1.31. The first-order valence-corrected chi connectivity index (χ1v) is 13.9. The third-order valence-corrected chi connectivity index (χ3v) is 8.03. The molecule has 0 aromatic rings. The molecule has 19 heteroatoms. The van der Waals surface area contributed by atoms with Crippen molar-refractivity contribution >= 4 is 6.29 Å². The maximum Gasteiger partial charge on any atom is 0.187 e. The normalized spacial score (nSPS) is 44.4. The van der Waals surface area contributed by atoms with Gasteiger partial charge in [0.25, 0.3) is 0 Å². The van der Waals surface area contributed by atoms with Crippen LogP contribution in [0.4, 0.5) is 0 Å². The van der Waals surface area contributed by atoms with Crippen molar-refractivity contribution < 1.29 is 90.1 Å². The van der Waals surface area contributed by atoms with Crippen molar-refractivity contribution in [2.75, 3.05) is 19.8 Å². The molecule has 0 bridgehead atoms. The molecule has 1 aliphatic carbocycles. The van der Waals surface area contributed by atoms with Crippen LogP contribution in [-0.2, 0) is 23.7 Å². The predicted octanol–water partition coefficient (Wildman–Crippen LogP) is -8.72. The molecule has 44 heavy (non-hydrogen) atoms. The summed E-state index contributed by atoms with van der Waals surface area (Å²) in [6.45, 7) is -1.08. The molecule has 0 aromatic carbocycles. The van der Waals surface area contributed by atoms with Gasteiger partial charge in [0.05, 0.1) is 38.0 Å². The minimum Gasteiger partial charge on any atom is -0.394 e. The van der Waals surface area contributed by atoms with Crippen molar-refractivity contribution in [3.05, 3.63) is 11.6 Å². The first kappa shape index (κ1) is 37.2. The van der Waals surface area contributed by atoms with Gasteiger partial charge in [0.15, 0.2) is 18.9 Å². The summed E-state index contributed by atoms with van der Waals surface area (Å²) in [5.74, 6) is 0. The lowest BCUT2D eigenvalue weighted by Gasteiger charge is -2.48. The fourth-order valence-electron chi connectivity index (χ4n) is 5.36. The summed E-state index contributed by atoms with van der Waals surface area (Å²) in [6.07, 6.45) is -26.8. The van der Waals surface area contributed by atoms with Gasteiger partial charge in [-0.15, -0.1) is 0 Å². The van der Waals surface area contributed by atoms with Gasteiger partial charge in [0.2, 0.25) is 0 Å². The molecule has 2 heterocycles. The Morgan fingerprint density at radius 1 is 0.886 bits per heavy atom. The molecule has 0 spiro atoms. The molecular formula is C25H43NO18. The quantitative estimate of drug-likeness (QED) is 0.0653. The largest absolute Gasteiger partial charge is 0.394 e. The molecule has 19 nitrogen and oxygen atoms in total. The predicted molar refractivity (Wildman–Crippen MR) is 139 cm³/mol. The molecular weight excluding hydrogens is 602 g/mol. The first-order chi connectivity index (χ1) is 20.7. The lowest BCUT2D eigenvalue weighted by Crippen LogP contribution is -2.68. The monoisotopic (exact) mass is 645 g/mol. The number of hydrogen-bond acceptors (Lipinski definition) is 19. The Balaban J connectivity index is 1.71. The summed E-state index contributed by atoms with van der Waals surface area (Å²) in [5, 5.41) is 135. The van der Waals surface area contributed by atoms with Gasteiger partial charge in [-0.2, -0.15) is 0 Å². The zero-order valence-corrected chi connectivity index (χ0v) is 23.5. The average Bonchev–Trinajstić information content (AvgIpc) is 3.02. The van der Waals surface area contributed by atoms with Crippen molar-refractivity contribution in [1.82, 2.24) is 5.32 Å². The molecule has 0 unspecified atom stereocenters. The molecule has 3 rings (SSSR count). The Bertz CT molecular complexity index is 943. The van der Waals surface area contributed by atoms with Gasteiger partial charge in [-0.05, 0) is 12.5 Å². The van der Waals surface area contributed by atoms with Crippen molar-refractivity contribution in [3.8, 4) is 0 Å². The summed E-state index contributed by atoms with van der Waals surface area (Å²) in [4.78, 5) is 10.9. The molecule has 0 saturated carbocycles. The van der Waals surface area contributed by atoms with Crippen LogP contribution in [0.5, 0.6) is 0 Å². The van der Waals surface area contributed by atoms with Crippen LogP contribution in [0.1, 0.15) is 6.92 Å². The number of nitrogens with one attached hydrogen (secondary N) is 1. The van der Waals surface area contributed by atoms with Gasteiger partial charge in [-0.25, -0.2) is 0 Å². The number of carbonyl (C=O) groups is 1. The van der Waals surface area contributed by atoms with Crippen LogP contribution in [0.15, 0.2) is 11.6 Å². The molecule has 2 saturated heterocycles. The molecule has 14 N–H and O–H groups in total. The van der Waals surface area contributed by atoms with Gasteiger partial charge in [-0.1, -0.05) is 6.08 Å². The van der Waals surface area contributed by atoms with E-state index in [2.05, 4.69) is 5.32 Å². The van der Waals surface area contributed by atoms with Crippen molar-refractivity contribution in [1.29, 1.82) is 0 Å². The zero-order chi connectivity index (χ0) is 33.0. The SMILES string of the molecule is C[C@H]1O[C@@H](O[C@@H]2[C@@H](O)[C@H](O)[C@@H](O[C@@H]([C@H](O)[C@H](O)C=O)[C@H](O)CO)O[C@H]2CO)[C@H](O)[C@H](O)[C@@H]1N[C@@H]1C=C(CO)[C@@H](O)[C@@H](O)[C@@H]1O. The topological polar surface area (TPSA) is 329 Å². The Kier molecular flexibility index (Phi) is 13.5. The van der Waals surface area contributed by atoms with Gasteiger partial charge in [0, 0.05) is 0 Å². The van der Waals surface area contributed by atoms with E-state index in [0.29, 0.717) is 0 Å². The van der Waals surface area contributed by atoms with Crippen LogP contribution >= 0.6 is 0 Å². The maximum absolute atomic E-state index is 10.9. The highest BCUT2D eigenvalue weighted by atomic mass is 16.7. The lowest BCUT2D eigenvalue weighted by atomic mass is 9.86. The number of aliphatic hydroxyl groups is 13. The fourth-order valence-corrected chi connectivity index (χ4v) is 5.36. The van der Waals surface area contributed by atoms with E-state index in [-0.39, 0.29) is 11.9 Å². The van der Waals surface area contributed by atoms with E-state index in [4.69, 9.17) is 18.9 Å². The molecule has 0 aromatic heterocycles. The summed E-state index contributed by atoms with van der Waals surface area (Å²) in [5.41, 5.74) is 0.00900. The third kappa shape index (κ3) is 7.79. The van der Waals surface area contributed by atoms with E-state index < -0.39 is 130 Å². The minimum absolute atomic E-state index is 0.00900. The Labute approximate surface area is 250 Å². The van der Waals surface area contributed by atoms with E-state index in [1.54, 1.807) is 0 Å². The number of carbonyl (C=O) groups excluding carboxylic acids is 1. The molecule has 0 radical (unpaired) electrons. The second-order valence-electron chi connectivity index (χ2n) is 11.0. The number of hydrogen-bond donors (Lipinski definition) is 14. The second-order valence-corrected chi connectivity index (χ2v) is 11.0. The Morgan fingerprint density at radius 2 is 1.52 bits per heavy atom. The molecule has 2 fully saturated rings. The molecule has 3 aliphatic rings. The summed E-state index contributed by atoms with van der Waals surface area (Å²) < 4.78 is 22.0. The molecule has 256 valence electrons. The number of rotatable bonds is 13. The van der Waals surface area contributed by atoms with E-state index in [0.717, 1.165) is 0 Å². The summed E-state index contributed by atoms with van der Waals surface area (Å²) in [6, 6.07) is -2.21. The van der Waals surface area contributed by atoms with Gasteiger partial charge < -0.3 is 95.4 Å². The van der Waals surface area contributed by atoms with E-state index in [1.165, 1.54) is 13.0 Å². The van der Waals surface area contributed by atoms with Crippen LogP contribution in [0, 0.1) is 0 Å². The van der Waals surface area contributed by atoms with Crippen LogP contribution in [0.3, 0.4) is 0 Å². The van der Waals surface area contributed by atoms with Crippen LogP contribution in [0.25, 0.3) is 0 Å². The van der Waals surface area contributed by atoms with E-state index in [9.17, 15) is 71.2 Å². The average molecular weight is 646 g/mol. The van der Waals surface area contributed by atoms with Gasteiger partial charge >= 0.3 is 0 Å². The van der Waals surface area contributed by atoms with Crippen LogP contribution in [-0.4, -0.2) is 203 Å². The molecule has 2 aliphatic heterocycles. The van der Waals surface area contributed by atoms with E-state index in [1.807, 2.05) is 0 Å². The maximum atomic E-state index is 10.9. The van der Waals surface area contributed by atoms with Crippen LogP contribution in [0.2, 0.25) is 0 Å². The number of ether oxygens (including phenoxy) is 4. The van der Waals surface area contributed by atoms with Crippen molar-refractivity contribution in [2.45, 2.75) is 117 Å². The molecule has 18 atom stereocenters. The summed E-state index contributed by atoms with van der Waals surface area (Å²) in [7, 11) is 0. The minimum atomic E-state index is -2.10. The third-order valence-electron chi connectivity index (χ3n) is 8.03. The number of aliphatic hydroxyl groups excluding tert-OH is 13. The highest BCUT2D eigenvalue weighted by Crippen LogP contribution is 2.31. The smallest absolute Gasteiger partial charge is 0.187 e. The highest BCUT2D eigenvalue weighted by molar-refractivity contribution is 5.56. The van der Waals surface area contributed by atoms with Crippen molar-refractivity contribution in [2.24, 2.45) is 0 Å².